The second kappa shape index (κ2) is 14.2. The molecule has 8 heteroatoms. The maximum atomic E-state index is 13.9. The zero-order chi connectivity index (χ0) is 36.0. The average Bonchev–Trinajstić information content (AvgIpc) is 3.07. The minimum Gasteiger partial charge on any atom is -0.305 e. The predicted octanol–water partition coefficient (Wildman–Crippen LogP) is 12.4. The van der Waals surface area contributed by atoms with Gasteiger partial charge in [0.2, 0.25) is 0 Å². The average molecular weight is 867 g/mol. The van der Waals surface area contributed by atoms with E-state index in [-0.39, 0.29) is 36.6 Å². The van der Waals surface area contributed by atoms with E-state index in [9.17, 15) is 22.0 Å². The summed E-state index contributed by atoms with van der Waals surface area (Å²) in [4.78, 5) is 8.63. The van der Waals surface area contributed by atoms with Gasteiger partial charge in [0, 0.05) is 38.1 Å². The van der Waals surface area contributed by atoms with E-state index >= 15 is 0 Å². The maximum Gasteiger partial charge on any atom is 0.415 e. The fourth-order valence-corrected chi connectivity index (χ4v) is 5.83. The molecule has 0 unspecified atom stereocenters. The summed E-state index contributed by atoms with van der Waals surface area (Å²) >= 11 is 0. The first kappa shape index (κ1) is 37.7. The SMILES string of the molecule is CC(C)(C)c1c[c-]c(-c2ccc(C(C)(C)C)cn2)cc1.Fc1ccc2c3c[c-]c(-c4cc(C(F)(F)F)ccn4)cc3c3ccc(F)cc3c2c1.[Ir]. The third kappa shape index (κ3) is 8.19. The van der Waals surface area contributed by atoms with E-state index in [2.05, 4.69) is 94.0 Å². The number of halogens is 5. The molecule has 2 nitrogen and oxygen atoms in total. The molecule has 0 amide bonds. The van der Waals surface area contributed by atoms with Crippen LogP contribution in [0, 0.1) is 23.8 Å². The van der Waals surface area contributed by atoms with E-state index in [0.29, 0.717) is 32.5 Å². The third-order valence-corrected chi connectivity index (χ3v) is 8.73. The van der Waals surface area contributed by atoms with Crippen LogP contribution in [0.4, 0.5) is 22.0 Å². The number of aromatic nitrogens is 2. The monoisotopic (exact) mass is 867 g/mol. The Balaban J connectivity index is 0.000000211. The fraction of sp³-hybridized carbons (Fsp3) is 0.209. The summed E-state index contributed by atoms with van der Waals surface area (Å²) in [5.74, 6) is -0.907. The Labute approximate surface area is 308 Å². The smallest absolute Gasteiger partial charge is 0.305 e. The van der Waals surface area contributed by atoms with Gasteiger partial charge < -0.3 is 9.97 Å². The summed E-state index contributed by atoms with van der Waals surface area (Å²) in [6.07, 6.45) is -1.41. The minimum absolute atomic E-state index is 0. The molecule has 51 heavy (non-hydrogen) atoms. The van der Waals surface area contributed by atoms with Gasteiger partial charge in [0.1, 0.15) is 11.6 Å². The topological polar surface area (TPSA) is 25.8 Å². The molecule has 0 aliphatic carbocycles. The van der Waals surface area contributed by atoms with Gasteiger partial charge >= 0.3 is 6.18 Å². The van der Waals surface area contributed by atoms with Crippen LogP contribution in [0.2, 0.25) is 0 Å². The number of benzene rings is 5. The molecule has 263 valence electrons. The van der Waals surface area contributed by atoms with E-state index in [1.807, 2.05) is 6.20 Å². The summed E-state index contributed by atoms with van der Waals surface area (Å²) in [7, 11) is 0. The van der Waals surface area contributed by atoms with Gasteiger partial charge in [-0.2, -0.15) is 13.2 Å². The molecule has 0 saturated carbocycles. The van der Waals surface area contributed by atoms with Crippen LogP contribution in [-0.2, 0) is 37.1 Å². The Kier molecular flexibility index (Phi) is 10.5. The van der Waals surface area contributed by atoms with Crippen LogP contribution in [0.5, 0.6) is 0 Å². The molecule has 0 spiro atoms. The van der Waals surface area contributed by atoms with Crippen molar-refractivity contribution in [3.05, 3.63) is 144 Å². The molecule has 0 N–H and O–H groups in total. The Morgan fingerprint density at radius 3 is 1.59 bits per heavy atom. The van der Waals surface area contributed by atoms with Crippen LogP contribution >= 0.6 is 0 Å². The molecule has 2 aromatic heterocycles. The number of pyridine rings is 2. The second-order valence-corrected chi connectivity index (χ2v) is 14.4. The summed E-state index contributed by atoms with van der Waals surface area (Å²) in [6.45, 7) is 13.3. The summed E-state index contributed by atoms with van der Waals surface area (Å²) in [6, 6.07) is 30.6. The molecule has 1 radical (unpaired) electrons. The molecule has 0 bridgehead atoms. The predicted molar refractivity (Wildman–Crippen MR) is 192 cm³/mol. The molecule has 7 rings (SSSR count). The van der Waals surface area contributed by atoms with Gasteiger partial charge in [-0.05, 0) is 74.3 Å². The van der Waals surface area contributed by atoms with Crippen molar-refractivity contribution >= 4 is 32.3 Å². The van der Waals surface area contributed by atoms with Gasteiger partial charge in [-0.3, -0.25) is 0 Å². The van der Waals surface area contributed by atoms with E-state index in [1.54, 1.807) is 24.3 Å². The third-order valence-electron chi connectivity index (χ3n) is 8.73. The first-order valence-electron chi connectivity index (χ1n) is 16.2. The first-order chi connectivity index (χ1) is 23.5. The van der Waals surface area contributed by atoms with Gasteiger partial charge in [-0.1, -0.05) is 88.0 Å². The number of hydrogen-bond donors (Lipinski definition) is 0. The fourth-order valence-electron chi connectivity index (χ4n) is 5.83. The van der Waals surface area contributed by atoms with Gasteiger partial charge in [0.15, 0.2) is 0 Å². The molecular formula is C43H35F5IrN2-2. The van der Waals surface area contributed by atoms with Crippen molar-refractivity contribution in [2.75, 3.05) is 0 Å². The van der Waals surface area contributed by atoms with Crippen LogP contribution in [0.1, 0.15) is 58.2 Å². The molecule has 0 aliphatic rings. The molecule has 2 heterocycles. The zero-order valence-electron chi connectivity index (χ0n) is 28.9. The number of alkyl halides is 3. The standard InChI is InChI=1S/C24H11F5N.C19H24N.Ir/c25-15-2-5-18-17-4-1-13(23-10-14(7-8-30-23)24(27,28)29)9-20(17)19-6-3-16(26)12-22(19)21(18)11-15;1-18(2,3)15-9-7-14(8-10-15)17-12-11-16(13-20-17)19(4,5)6;/h2-12H;7,9-13H,1-6H3;/q2*-1;. The first-order valence-corrected chi connectivity index (χ1v) is 16.2. The second-order valence-electron chi connectivity index (χ2n) is 14.4. The molecular weight excluding hydrogens is 832 g/mol. The molecule has 7 aromatic rings. The van der Waals surface area contributed by atoms with Crippen molar-refractivity contribution in [1.82, 2.24) is 9.97 Å². The maximum absolute atomic E-state index is 13.9. The minimum atomic E-state index is -4.49. The molecule has 0 aliphatic heterocycles. The van der Waals surface area contributed by atoms with E-state index in [1.165, 1.54) is 35.4 Å². The van der Waals surface area contributed by atoms with Crippen molar-refractivity contribution < 1.29 is 42.1 Å². The van der Waals surface area contributed by atoms with Crippen LogP contribution < -0.4 is 0 Å². The Morgan fingerprint density at radius 1 is 0.490 bits per heavy atom. The van der Waals surface area contributed by atoms with Gasteiger partial charge in [-0.15, -0.1) is 59.2 Å². The number of rotatable bonds is 2. The number of fused-ring (bicyclic) bond motifs is 6. The molecule has 0 saturated heterocycles. The summed E-state index contributed by atoms with van der Waals surface area (Å²) in [5.41, 5.74) is 4.60. The number of hydrogen-bond acceptors (Lipinski definition) is 2. The van der Waals surface area contributed by atoms with Crippen molar-refractivity contribution in [2.24, 2.45) is 0 Å². The van der Waals surface area contributed by atoms with E-state index < -0.39 is 23.4 Å². The van der Waals surface area contributed by atoms with E-state index in [4.69, 9.17) is 0 Å². The van der Waals surface area contributed by atoms with Crippen molar-refractivity contribution in [3.8, 4) is 22.5 Å². The Bertz CT molecular complexity index is 2280. The summed E-state index contributed by atoms with van der Waals surface area (Å²) in [5, 5.41) is 3.86. The van der Waals surface area contributed by atoms with Crippen LogP contribution in [-0.4, -0.2) is 9.97 Å². The Morgan fingerprint density at radius 2 is 1.06 bits per heavy atom. The molecule has 0 atom stereocenters. The van der Waals surface area contributed by atoms with Crippen LogP contribution in [0.25, 0.3) is 54.8 Å². The van der Waals surface area contributed by atoms with Crippen molar-refractivity contribution in [1.29, 1.82) is 0 Å². The van der Waals surface area contributed by atoms with Gasteiger partial charge in [0.05, 0.1) is 0 Å². The van der Waals surface area contributed by atoms with Crippen LogP contribution in [0.3, 0.4) is 0 Å². The normalized spacial score (nSPS) is 12.1. The van der Waals surface area contributed by atoms with Gasteiger partial charge in [-0.25, -0.2) is 8.78 Å². The number of nitrogens with zero attached hydrogens (tertiary/aromatic N) is 2. The molecule has 5 aromatic carbocycles. The van der Waals surface area contributed by atoms with Crippen molar-refractivity contribution in [3.63, 3.8) is 0 Å². The zero-order valence-corrected chi connectivity index (χ0v) is 31.3. The quantitative estimate of drug-likeness (QED) is 0.0983. The van der Waals surface area contributed by atoms with Crippen molar-refractivity contribution in [2.45, 2.75) is 58.5 Å². The Hall–Kier alpha value is -4.52. The van der Waals surface area contributed by atoms with Gasteiger partial charge in [0.25, 0.3) is 0 Å². The van der Waals surface area contributed by atoms with Crippen LogP contribution in [0.15, 0.2) is 103 Å². The summed E-state index contributed by atoms with van der Waals surface area (Å²) < 4.78 is 67.1. The van der Waals surface area contributed by atoms with E-state index in [0.717, 1.165) is 35.0 Å². The molecule has 0 fully saturated rings. The largest absolute Gasteiger partial charge is 0.415 e.